The van der Waals surface area contributed by atoms with E-state index in [2.05, 4.69) is 33.9 Å². The molecule has 5 heteroatoms. The fourth-order valence-corrected chi connectivity index (χ4v) is 3.89. The predicted octanol–water partition coefficient (Wildman–Crippen LogP) is 2.42. The van der Waals surface area contributed by atoms with E-state index in [0.29, 0.717) is 11.4 Å². The maximum absolute atomic E-state index is 12.1. The summed E-state index contributed by atoms with van der Waals surface area (Å²) < 4.78 is 26.9. The lowest BCUT2D eigenvalue weighted by Gasteiger charge is -2.19. The number of hydrogen-bond donors (Lipinski definition) is 1. The minimum atomic E-state index is -3.39. The summed E-state index contributed by atoms with van der Waals surface area (Å²) in [5.41, 5.74) is 2.67. The smallest absolute Gasteiger partial charge is 0.240 e. The summed E-state index contributed by atoms with van der Waals surface area (Å²) >= 11 is 0. The first kappa shape index (κ1) is 15.1. The molecule has 0 bridgehead atoms. The number of nitrogens with zero attached hydrogens (tertiary/aromatic N) is 1. The molecule has 2 aromatic rings. The fourth-order valence-electron chi connectivity index (χ4n) is 2.80. The standard InChI is InChI=1S/C17H20N2O2S/c20-22(21,16-8-2-1-3-9-16)18-12-6-13-19-14-11-15-7-4-5-10-17(15)19/h1-5,7-10,18H,6,11-14H2. The number of sulfonamides is 1. The van der Waals surface area contributed by atoms with Crippen LogP contribution in [0, 0.1) is 0 Å². The zero-order valence-electron chi connectivity index (χ0n) is 12.4. The molecule has 0 saturated carbocycles. The molecule has 0 amide bonds. The van der Waals surface area contributed by atoms with E-state index in [4.69, 9.17) is 0 Å². The van der Waals surface area contributed by atoms with Crippen molar-refractivity contribution in [1.82, 2.24) is 4.72 Å². The van der Waals surface area contributed by atoms with E-state index < -0.39 is 10.0 Å². The van der Waals surface area contributed by atoms with E-state index in [1.807, 2.05) is 6.07 Å². The summed E-state index contributed by atoms with van der Waals surface area (Å²) in [5, 5.41) is 0. The molecule has 3 rings (SSSR count). The first-order valence-corrected chi connectivity index (χ1v) is 9.03. The molecule has 1 heterocycles. The maximum atomic E-state index is 12.1. The number of fused-ring (bicyclic) bond motifs is 1. The van der Waals surface area contributed by atoms with Crippen LogP contribution in [0.4, 0.5) is 5.69 Å². The molecule has 0 saturated heterocycles. The largest absolute Gasteiger partial charge is 0.371 e. The molecular weight excluding hydrogens is 296 g/mol. The van der Waals surface area contributed by atoms with Crippen molar-refractivity contribution in [2.75, 3.05) is 24.5 Å². The first-order chi connectivity index (χ1) is 10.7. The normalized spacial score (nSPS) is 14.1. The minimum absolute atomic E-state index is 0.321. The van der Waals surface area contributed by atoms with Gasteiger partial charge in [0.15, 0.2) is 0 Å². The lowest BCUT2D eigenvalue weighted by Crippen LogP contribution is -2.29. The molecule has 0 fully saturated rings. The Labute approximate surface area is 131 Å². The Bertz CT molecular complexity index is 729. The van der Waals surface area contributed by atoms with Crippen LogP contribution in [-0.4, -0.2) is 28.1 Å². The van der Waals surface area contributed by atoms with Crippen molar-refractivity contribution in [3.63, 3.8) is 0 Å². The van der Waals surface area contributed by atoms with Gasteiger partial charge in [-0.15, -0.1) is 0 Å². The Morgan fingerprint density at radius 2 is 1.73 bits per heavy atom. The van der Waals surface area contributed by atoms with Gasteiger partial charge in [0, 0.05) is 25.3 Å². The number of hydrogen-bond acceptors (Lipinski definition) is 3. The van der Waals surface area contributed by atoms with E-state index in [0.717, 1.165) is 25.9 Å². The van der Waals surface area contributed by atoms with Gasteiger partial charge in [-0.2, -0.15) is 0 Å². The van der Waals surface area contributed by atoms with Gasteiger partial charge in [-0.25, -0.2) is 13.1 Å². The highest BCUT2D eigenvalue weighted by molar-refractivity contribution is 7.89. The van der Waals surface area contributed by atoms with Gasteiger partial charge in [-0.1, -0.05) is 36.4 Å². The average Bonchev–Trinajstić information content (AvgIpc) is 2.96. The zero-order chi connectivity index (χ0) is 15.4. The predicted molar refractivity (Wildman–Crippen MR) is 88.6 cm³/mol. The van der Waals surface area contributed by atoms with Gasteiger partial charge >= 0.3 is 0 Å². The Morgan fingerprint density at radius 1 is 1.00 bits per heavy atom. The number of anilines is 1. The molecule has 1 aliphatic rings. The fraction of sp³-hybridized carbons (Fsp3) is 0.294. The van der Waals surface area contributed by atoms with Crippen LogP contribution in [0.3, 0.4) is 0 Å². The summed E-state index contributed by atoms with van der Waals surface area (Å²) in [7, 11) is -3.39. The van der Waals surface area contributed by atoms with Crippen molar-refractivity contribution in [3.8, 4) is 0 Å². The van der Waals surface area contributed by atoms with Crippen LogP contribution in [0.25, 0.3) is 0 Å². The molecule has 0 atom stereocenters. The molecule has 22 heavy (non-hydrogen) atoms. The second-order valence-electron chi connectivity index (χ2n) is 5.43. The van der Waals surface area contributed by atoms with E-state index in [-0.39, 0.29) is 0 Å². The summed E-state index contributed by atoms with van der Waals surface area (Å²) in [6.45, 7) is 2.34. The van der Waals surface area contributed by atoms with Crippen LogP contribution >= 0.6 is 0 Å². The zero-order valence-corrected chi connectivity index (χ0v) is 13.2. The maximum Gasteiger partial charge on any atom is 0.240 e. The van der Waals surface area contributed by atoms with Gasteiger partial charge in [0.2, 0.25) is 10.0 Å². The van der Waals surface area contributed by atoms with Gasteiger partial charge in [-0.05, 0) is 36.6 Å². The van der Waals surface area contributed by atoms with Crippen molar-refractivity contribution in [2.24, 2.45) is 0 Å². The number of para-hydroxylation sites is 1. The highest BCUT2D eigenvalue weighted by Crippen LogP contribution is 2.27. The van der Waals surface area contributed by atoms with Gasteiger partial charge in [-0.3, -0.25) is 0 Å². The SMILES string of the molecule is O=S(=O)(NCCCN1CCc2ccccc21)c1ccccc1. The lowest BCUT2D eigenvalue weighted by molar-refractivity contribution is 0.578. The number of benzene rings is 2. The monoisotopic (exact) mass is 316 g/mol. The van der Waals surface area contributed by atoms with Crippen LogP contribution in [-0.2, 0) is 16.4 Å². The minimum Gasteiger partial charge on any atom is -0.371 e. The molecule has 1 aliphatic heterocycles. The van der Waals surface area contributed by atoms with Crippen LogP contribution in [0.1, 0.15) is 12.0 Å². The summed E-state index contributed by atoms with van der Waals surface area (Å²) in [5.74, 6) is 0. The highest BCUT2D eigenvalue weighted by Gasteiger charge is 2.18. The third-order valence-corrected chi connectivity index (χ3v) is 5.41. The molecule has 0 aliphatic carbocycles. The van der Waals surface area contributed by atoms with Crippen LogP contribution < -0.4 is 9.62 Å². The third kappa shape index (κ3) is 3.31. The van der Waals surface area contributed by atoms with E-state index in [9.17, 15) is 8.42 Å². The van der Waals surface area contributed by atoms with Gasteiger partial charge in [0.1, 0.15) is 0 Å². The molecule has 0 radical (unpaired) electrons. The van der Waals surface area contributed by atoms with E-state index in [1.54, 1.807) is 24.3 Å². The van der Waals surface area contributed by atoms with E-state index in [1.165, 1.54) is 11.3 Å². The molecule has 4 nitrogen and oxygen atoms in total. The second kappa shape index (κ2) is 6.50. The highest BCUT2D eigenvalue weighted by atomic mass is 32.2. The molecular formula is C17H20N2O2S. The average molecular weight is 316 g/mol. The quantitative estimate of drug-likeness (QED) is 0.833. The van der Waals surface area contributed by atoms with Crippen LogP contribution in [0.2, 0.25) is 0 Å². The van der Waals surface area contributed by atoms with Crippen molar-refractivity contribution in [1.29, 1.82) is 0 Å². The number of nitrogens with one attached hydrogen (secondary N) is 1. The van der Waals surface area contributed by atoms with Gasteiger partial charge < -0.3 is 4.90 Å². The van der Waals surface area contributed by atoms with Crippen LogP contribution in [0.5, 0.6) is 0 Å². The summed E-state index contributed by atoms with van der Waals surface area (Å²) in [4.78, 5) is 2.65. The molecule has 2 aromatic carbocycles. The molecule has 0 aromatic heterocycles. The Balaban J connectivity index is 1.51. The van der Waals surface area contributed by atoms with Crippen molar-refractivity contribution < 1.29 is 8.42 Å². The van der Waals surface area contributed by atoms with Crippen molar-refractivity contribution >= 4 is 15.7 Å². The van der Waals surface area contributed by atoms with Crippen LogP contribution in [0.15, 0.2) is 59.5 Å². The summed E-state index contributed by atoms with van der Waals surface area (Å²) in [6.07, 6.45) is 1.87. The molecule has 116 valence electrons. The van der Waals surface area contributed by atoms with Gasteiger partial charge in [0.25, 0.3) is 0 Å². The lowest BCUT2D eigenvalue weighted by atomic mass is 10.2. The molecule has 0 unspecified atom stereocenters. The van der Waals surface area contributed by atoms with Crippen molar-refractivity contribution in [2.45, 2.75) is 17.7 Å². The molecule has 0 spiro atoms. The van der Waals surface area contributed by atoms with Gasteiger partial charge in [0.05, 0.1) is 4.90 Å². The topological polar surface area (TPSA) is 49.4 Å². The second-order valence-corrected chi connectivity index (χ2v) is 7.20. The molecule has 1 N–H and O–H groups in total. The summed E-state index contributed by atoms with van der Waals surface area (Å²) in [6, 6.07) is 16.9. The Kier molecular flexibility index (Phi) is 4.45. The Morgan fingerprint density at radius 3 is 2.55 bits per heavy atom. The third-order valence-electron chi connectivity index (χ3n) is 3.93. The van der Waals surface area contributed by atoms with Crippen molar-refractivity contribution in [3.05, 3.63) is 60.2 Å². The number of rotatable bonds is 6. The Hall–Kier alpha value is -1.85. The van der Waals surface area contributed by atoms with E-state index >= 15 is 0 Å². The first-order valence-electron chi connectivity index (χ1n) is 7.54.